The smallest absolute Gasteiger partial charge is 0.316 e. The topological polar surface area (TPSA) is 38.2 Å². The number of piperidine rings is 1. The highest BCUT2D eigenvalue weighted by molar-refractivity contribution is 4.96. The molecule has 1 aromatic rings. The number of aromatic nitrogens is 2. The summed E-state index contributed by atoms with van der Waals surface area (Å²) in [6.45, 7) is 1.26. The van der Waals surface area contributed by atoms with Crippen LogP contribution in [0.5, 0.6) is 6.01 Å². The molecule has 1 aromatic heterocycles. The first-order chi connectivity index (χ1) is 7.25. The maximum absolute atomic E-state index is 13.6. The molecule has 82 valence electrons. The van der Waals surface area contributed by atoms with Crippen molar-refractivity contribution in [2.75, 3.05) is 20.1 Å². The fourth-order valence-electron chi connectivity index (χ4n) is 1.65. The van der Waals surface area contributed by atoms with Crippen LogP contribution in [0, 0.1) is 0 Å². The van der Waals surface area contributed by atoms with Gasteiger partial charge < -0.3 is 9.64 Å². The number of ether oxygens (including phenoxy) is 1. The van der Waals surface area contributed by atoms with Crippen molar-refractivity contribution >= 4 is 0 Å². The Morgan fingerprint density at radius 3 is 2.87 bits per heavy atom. The molecule has 2 heterocycles. The van der Waals surface area contributed by atoms with Crippen molar-refractivity contribution in [2.45, 2.75) is 18.7 Å². The molecule has 0 amide bonds. The molecule has 1 saturated heterocycles. The molecule has 0 bridgehead atoms. The standard InChI is InChI=1S/C10H14FN3O/c1-14-6-3-9(8(11)7-14)15-10-12-4-2-5-13-10/h2,4-5,8-9H,3,6-7H2,1H3/t8-,9+/m0/s1. The molecule has 0 radical (unpaired) electrons. The third-order valence-corrected chi connectivity index (χ3v) is 2.48. The second-order valence-electron chi connectivity index (χ2n) is 3.75. The molecule has 1 fully saturated rings. The van der Waals surface area contributed by atoms with E-state index in [2.05, 4.69) is 9.97 Å². The molecular weight excluding hydrogens is 197 g/mol. The van der Waals surface area contributed by atoms with Crippen molar-refractivity contribution in [3.8, 4) is 6.01 Å². The Morgan fingerprint density at radius 1 is 1.47 bits per heavy atom. The Balaban J connectivity index is 1.95. The van der Waals surface area contributed by atoms with E-state index in [-0.39, 0.29) is 6.01 Å². The minimum Gasteiger partial charge on any atom is -0.457 e. The normalized spacial score (nSPS) is 27.6. The molecule has 15 heavy (non-hydrogen) atoms. The molecule has 2 atom stereocenters. The minimum atomic E-state index is -0.965. The van der Waals surface area contributed by atoms with E-state index in [4.69, 9.17) is 4.74 Å². The van der Waals surface area contributed by atoms with Crippen LogP contribution in [0.4, 0.5) is 4.39 Å². The van der Waals surface area contributed by atoms with Crippen molar-refractivity contribution < 1.29 is 9.13 Å². The lowest BCUT2D eigenvalue weighted by molar-refractivity contribution is 0.0257. The minimum absolute atomic E-state index is 0.259. The number of alkyl halides is 1. The maximum atomic E-state index is 13.6. The van der Waals surface area contributed by atoms with Gasteiger partial charge in [-0.3, -0.25) is 0 Å². The zero-order valence-corrected chi connectivity index (χ0v) is 8.64. The van der Waals surface area contributed by atoms with Gasteiger partial charge in [-0.05, 0) is 13.1 Å². The number of nitrogens with zero attached hydrogens (tertiary/aromatic N) is 3. The Kier molecular flexibility index (Phi) is 3.11. The van der Waals surface area contributed by atoms with E-state index in [1.165, 1.54) is 0 Å². The van der Waals surface area contributed by atoms with Crippen molar-refractivity contribution in [1.82, 2.24) is 14.9 Å². The number of likely N-dealkylation sites (tertiary alicyclic amines) is 1. The summed E-state index contributed by atoms with van der Waals surface area (Å²) in [5, 5.41) is 0. The SMILES string of the molecule is CN1CC[C@@H](Oc2ncccn2)[C@@H](F)C1. The fraction of sp³-hybridized carbons (Fsp3) is 0.600. The van der Waals surface area contributed by atoms with Gasteiger partial charge in [0, 0.05) is 31.9 Å². The monoisotopic (exact) mass is 211 g/mol. The van der Waals surface area contributed by atoms with E-state index < -0.39 is 12.3 Å². The zero-order chi connectivity index (χ0) is 10.7. The largest absolute Gasteiger partial charge is 0.457 e. The predicted molar refractivity (Wildman–Crippen MR) is 53.5 cm³/mol. The third-order valence-electron chi connectivity index (χ3n) is 2.48. The van der Waals surface area contributed by atoms with E-state index in [0.717, 1.165) is 6.54 Å². The molecule has 0 unspecified atom stereocenters. The predicted octanol–water partition coefficient (Wildman–Crippen LogP) is 0.898. The van der Waals surface area contributed by atoms with Gasteiger partial charge in [0.25, 0.3) is 0 Å². The Labute approximate surface area is 88.1 Å². The Bertz CT molecular complexity index is 309. The summed E-state index contributed by atoms with van der Waals surface area (Å²) in [5.74, 6) is 0. The summed E-state index contributed by atoms with van der Waals surface area (Å²) in [4.78, 5) is 9.78. The molecule has 0 N–H and O–H groups in total. The lowest BCUT2D eigenvalue weighted by Gasteiger charge is -2.31. The van der Waals surface area contributed by atoms with Gasteiger partial charge in [-0.2, -0.15) is 0 Å². The van der Waals surface area contributed by atoms with Gasteiger partial charge in [-0.1, -0.05) is 0 Å². The molecular formula is C10H14FN3O. The van der Waals surface area contributed by atoms with Gasteiger partial charge in [0.1, 0.15) is 12.3 Å². The van der Waals surface area contributed by atoms with Gasteiger partial charge in [0.2, 0.25) is 0 Å². The van der Waals surface area contributed by atoms with Gasteiger partial charge in [-0.25, -0.2) is 14.4 Å². The summed E-state index contributed by atoms with van der Waals surface area (Å²) in [6.07, 6.45) is 2.47. The maximum Gasteiger partial charge on any atom is 0.316 e. The Morgan fingerprint density at radius 2 is 2.20 bits per heavy atom. The lowest BCUT2D eigenvalue weighted by atomic mass is 10.1. The van der Waals surface area contributed by atoms with Crippen LogP contribution in [0.25, 0.3) is 0 Å². The van der Waals surface area contributed by atoms with Crippen molar-refractivity contribution in [3.05, 3.63) is 18.5 Å². The van der Waals surface area contributed by atoms with Crippen LogP contribution in [-0.2, 0) is 0 Å². The Hall–Kier alpha value is -1.23. The molecule has 0 saturated carbocycles. The molecule has 0 aliphatic carbocycles. The van der Waals surface area contributed by atoms with Gasteiger partial charge >= 0.3 is 6.01 Å². The zero-order valence-electron chi connectivity index (χ0n) is 8.64. The first-order valence-electron chi connectivity index (χ1n) is 5.02. The highest BCUT2D eigenvalue weighted by atomic mass is 19.1. The van der Waals surface area contributed by atoms with E-state index in [9.17, 15) is 4.39 Å². The van der Waals surface area contributed by atoms with Crippen LogP contribution < -0.4 is 4.74 Å². The average Bonchev–Trinajstić information content (AvgIpc) is 2.24. The summed E-state index contributed by atoms with van der Waals surface area (Å²) in [6, 6.07) is 1.96. The number of hydrogen-bond donors (Lipinski definition) is 0. The highest BCUT2D eigenvalue weighted by Crippen LogP contribution is 2.17. The van der Waals surface area contributed by atoms with E-state index in [1.807, 2.05) is 11.9 Å². The molecule has 2 rings (SSSR count). The van der Waals surface area contributed by atoms with E-state index >= 15 is 0 Å². The number of halogens is 1. The van der Waals surface area contributed by atoms with Crippen LogP contribution in [0.3, 0.4) is 0 Å². The fourth-order valence-corrected chi connectivity index (χ4v) is 1.65. The van der Waals surface area contributed by atoms with Crippen LogP contribution in [-0.4, -0.2) is 47.3 Å². The summed E-state index contributed by atoms with van der Waals surface area (Å²) < 4.78 is 19.0. The third kappa shape index (κ3) is 2.62. The first kappa shape index (κ1) is 10.3. The quantitative estimate of drug-likeness (QED) is 0.728. The molecule has 1 aliphatic rings. The van der Waals surface area contributed by atoms with E-state index in [1.54, 1.807) is 18.5 Å². The summed E-state index contributed by atoms with van der Waals surface area (Å²) in [5.41, 5.74) is 0. The summed E-state index contributed by atoms with van der Waals surface area (Å²) in [7, 11) is 1.90. The number of rotatable bonds is 2. The van der Waals surface area contributed by atoms with Crippen LogP contribution >= 0.6 is 0 Å². The summed E-state index contributed by atoms with van der Waals surface area (Å²) >= 11 is 0. The lowest BCUT2D eigenvalue weighted by Crippen LogP contribution is -2.45. The van der Waals surface area contributed by atoms with Crippen molar-refractivity contribution in [3.63, 3.8) is 0 Å². The highest BCUT2D eigenvalue weighted by Gasteiger charge is 2.29. The van der Waals surface area contributed by atoms with Crippen LogP contribution in [0.1, 0.15) is 6.42 Å². The molecule has 0 aromatic carbocycles. The second-order valence-corrected chi connectivity index (χ2v) is 3.75. The molecule has 4 nitrogen and oxygen atoms in total. The van der Waals surface area contributed by atoms with Crippen LogP contribution in [0.2, 0.25) is 0 Å². The number of hydrogen-bond acceptors (Lipinski definition) is 4. The van der Waals surface area contributed by atoms with Crippen molar-refractivity contribution in [2.24, 2.45) is 0 Å². The van der Waals surface area contributed by atoms with Gasteiger partial charge in [0.15, 0.2) is 0 Å². The first-order valence-corrected chi connectivity index (χ1v) is 5.02. The van der Waals surface area contributed by atoms with Crippen molar-refractivity contribution in [1.29, 1.82) is 0 Å². The molecule has 5 heteroatoms. The second kappa shape index (κ2) is 4.53. The van der Waals surface area contributed by atoms with E-state index in [0.29, 0.717) is 13.0 Å². The van der Waals surface area contributed by atoms with Gasteiger partial charge in [-0.15, -0.1) is 0 Å². The molecule has 0 spiro atoms. The van der Waals surface area contributed by atoms with Gasteiger partial charge in [0.05, 0.1) is 0 Å². The van der Waals surface area contributed by atoms with Crippen LogP contribution in [0.15, 0.2) is 18.5 Å². The average molecular weight is 211 g/mol. The molecule has 1 aliphatic heterocycles.